The summed E-state index contributed by atoms with van der Waals surface area (Å²) in [6.07, 6.45) is 2.51. The molecule has 1 saturated carbocycles. The third kappa shape index (κ3) is 2.40. The van der Waals surface area contributed by atoms with Crippen LogP contribution in [0.4, 0.5) is 11.4 Å². The van der Waals surface area contributed by atoms with E-state index in [0.717, 1.165) is 18.2 Å². The molecule has 0 radical (unpaired) electrons. The lowest BCUT2D eigenvalue weighted by molar-refractivity contribution is 0.0697. The number of hydrogen-bond acceptors (Lipinski definition) is 3. The van der Waals surface area contributed by atoms with Crippen molar-refractivity contribution in [1.82, 2.24) is 0 Å². The predicted molar refractivity (Wildman–Crippen MR) is 59.0 cm³/mol. The number of anilines is 2. The Bertz CT molecular complexity index is 386. The molecule has 4 heteroatoms. The summed E-state index contributed by atoms with van der Waals surface area (Å²) in [4.78, 5) is 10.7. The first kappa shape index (κ1) is 9.83. The molecule has 0 atom stereocenters. The molecule has 1 aromatic rings. The molecule has 15 heavy (non-hydrogen) atoms. The van der Waals surface area contributed by atoms with Gasteiger partial charge in [-0.05, 0) is 37.0 Å². The van der Waals surface area contributed by atoms with Gasteiger partial charge in [-0.3, -0.25) is 0 Å². The zero-order valence-electron chi connectivity index (χ0n) is 8.36. The summed E-state index contributed by atoms with van der Waals surface area (Å²) >= 11 is 0. The maximum atomic E-state index is 10.7. The Hall–Kier alpha value is -1.71. The first-order valence-corrected chi connectivity index (χ1v) is 5.03. The van der Waals surface area contributed by atoms with E-state index in [9.17, 15) is 4.79 Å². The van der Waals surface area contributed by atoms with Crippen LogP contribution in [0.2, 0.25) is 0 Å². The molecule has 4 N–H and O–H groups in total. The number of benzene rings is 1. The van der Waals surface area contributed by atoms with Crippen molar-refractivity contribution in [1.29, 1.82) is 0 Å². The largest absolute Gasteiger partial charge is 0.478 e. The maximum Gasteiger partial charge on any atom is 0.335 e. The van der Waals surface area contributed by atoms with Crippen LogP contribution >= 0.6 is 0 Å². The van der Waals surface area contributed by atoms with Crippen LogP contribution in [-0.4, -0.2) is 17.6 Å². The van der Waals surface area contributed by atoms with E-state index in [1.165, 1.54) is 18.9 Å². The van der Waals surface area contributed by atoms with Gasteiger partial charge in [-0.25, -0.2) is 4.79 Å². The molecule has 1 aliphatic carbocycles. The fourth-order valence-electron chi connectivity index (χ4n) is 1.42. The molecular weight excluding hydrogens is 192 g/mol. The second-order valence-corrected chi connectivity index (χ2v) is 3.93. The van der Waals surface area contributed by atoms with Crippen molar-refractivity contribution < 1.29 is 9.90 Å². The van der Waals surface area contributed by atoms with E-state index in [0.29, 0.717) is 5.69 Å². The second kappa shape index (κ2) is 3.81. The summed E-state index contributed by atoms with van der Waals surface area (Å²) in [5.74, 6) is -0.192. The van der Waals surface area contributed by atoms with Gasteiger partial charge in [0, 0.05) is 6.54 Å². The van der Waals surface area contributed by atoms with E-state index >= 15 is 0 Å². The minimum Gasteiger partial charge on any atom is -0.478 e. The van der Waals surface area contributed by atoms with Crippen LogP contribution in [0.1, 0.15) is 23.2 Å². The van der Waals surface area contributed by atoms with Crippen molar-refractivity contribution in [2.45, 2.75) is 12.8 Å². The smallest absolute Gasteiger partial charge is 0.335 e. The van der Waals surface area contributed by atoms with E-state index in [2.05, 4.69) is 5.32 Å². The van der Waals surface area contributed by atoms with Gasteiger partial charge in [0.05, 0.1) is 16.9 Å². The molecule has 80 valence electrons. The average Bonchev–Trinajstić information content (AvgIpc) is 3.00. The first-order chi connectivity index (χ1) is 7.16. The Morgan fingerprint density at radius 3 is 2.87 bits per heavy atom. The van der Waals surface area contributed by atoms with Gasteiger partial charge in [-0.15, -0.1) is 0 Å². The zero-order valence-corrected chi connectivity index (χ0v) is 8.36. The lowest BCUT2D eigenvalue weighted by atomic mass is 10.1. The lowest BCUT2D eigenvalue weighted by Gasteiger charge is -2.09. The van der Waals surface area contributed by atoms with Crippen molar-refractivity contribution in [2.24, 2.45) is 5.92 Å². The number of aromatic carboxylic acids is 1. The molecule has 1 aromatic carbocycles. The number of nitrogens with one attached hydrogen (secondary N) is 1. The van der Waals surface area contributed by atoms with Crippen LogP contribution in [0.15, 0.2) is 18.2 Å². The quantitative estimate of drug-likeness (QED) is 0.656. The van der Waals surface area contributed by atoms with E-state index in [4.69, 9.17) is 10.8 Å². The number of nitrogen functional groups attached to an aromatic ring is 1. The minimum atomic E-state index is -0.926. The number of rotatable bonds is 4. The summed E-state index contributed by atoms with van der Waals surface area (Å²) in [6.45, 7) is 0.882. The average molecular weight is 206 g/mol. The molecule has 0 saturated heterocycles. The van der Waals surface area contributed by atoms with Gasteiger partial charge in [0.25, 0.3) is 0 Å². The van der Waals surface area contributed by atoms with Crippen molar-refractivity contribution in [3.05, 3.63) is 23.8 Å². The third-order valence-corrected chi connectivity index (χ3v) is 2.58. The molecule has 0 aliphatic heterocycles. The standard InChI is InChI=1S/C11H14N2O2/c12-9-4-3-8(11(14)15)5-10(9)13-6-7-1-2-7/h3-5,7,13H,1-2,6,12H2,(H,14,15). The van der Waals surface area contributed by atoms with E-state index < -0.39 is 5.97 Å². The highest BCUT2D eigenvalue weighted by molar-refractivity contribution is 5.90. The molecule has 2 rings (SSSR count). The highest BCUT2D eigenvalue weighted by Crippen LogP contribution is 2.30. The second-order valence-electron chi connectivity index (χ2n) is 3.93. The fourth-order valence-corrected chi connectivity index (χ4v) is 1.42. The Morgan fingerprint density at radius 1 is 1.53 bits per heavy atom. The van der Waals surface area contributed by atoms with Crippen LogP contribution in [0.5, 0.6) is 0 Å². The van der Waals surface area contributed by atoms with Gasteiger partial charge in [-0.2, -0.15) is 0 Å². The van der Waals surface area contributed by atoms with Crippen LogP contribution < -0.4 is 11.1 Å². The fraction of sp³-hybridized carbons (Fsp3) is 0.364. The van der Waals surface area contributed by atoms with Crippen molar-refractivity contribution >= 4 is 17.3 Å². The van der Waals surface area contributed by atoms with E-state index in [1.807, 2.05) is 0 Å². The monoisotopic (exact) mass is 206 g/mol. The van der Waals surface area contributed by atoms with Gasteiger partial charge < -0.3 is 16.2 Å². The SMILES string of the molecule is Nc1ccc(C(=O)O)cc1NCC1CC1. The summed E-state index contributed by atoms with van der Waals surface area (Å²) in [7, 11) is 0. The molecule has 1 aliphatic rings. The molecular formula is C11H14N2O2. The molecule has 0 heterocycles. The van der Waals surface area contributed by atoms with Crippen LogP contribution in [0, 0.1) is 5.92 Å². The molecule has 4 nitrogen and oxygen atoms in total. The van der Waals surface area contributed by atoms with Gasteiger partial charge in [0.15, 0.2) is 0 Å². The Labute approximate surface area is 88.1 Å². The van der Waals surface area contributed by atoms with Crippen LogP contribution in [0.25, 0.3) is 0 Å². The number of nitrogens with two attached hydrogens (primary N) is 1. The summed E-state index contributed by atoms with van der Waals surface area (Å²) < 4.78 is 0. The van der Waals surface area contributed by atoms with Crippen molar-refractivity contribution in [2.75, 3.05) is 17.6 Å². The summed E-state index contributed by atoms with van der Waals surface area (Å²) in [6, 6.07) is 4.72. The zero-order chi connectivity index (χ0) is 10.8. The Balaban J connectivity index is 2.12. The van der Waals surface area contributed by atoms with Gasteiger partial charge in [0.1, 0.15) is 0 Å². The Kier molecular flexibility index (Phi) is 2.49. The lowest BCUT2D eigenvalue weighted by Crippen LogP contribution is -2.07. The molecule has 0 bridgehead atoms. The third-order valence-electron chi connectivity index (χ3n) is 2.58. The van der Waals surface area contributed by atoms with E-state index in [1.54, 1.807) is 12.1 Å². The number of carboxylic acid groups (broad SMARTS) is 1. The van der Waals surface area contributed by atoms with Crippen molar-refractivity contribution in [3.8, 4) is 0 Å². The Morgan fingerprint density at radius 2 is 2.27 bits per heavy atom. The highest BCUT2D eigenvalue weighted by Gasteiger charge is 2.21. The van der Waals surface area contributed by atoms with Crippen LogP contribution in [-0.2, 0) is 0 Å². The normalized spacial score (nSPS) is 14.9. The van der Waals surface area contributed by atoms with Crippen molar-refractivity contribution in [3.63, 3.8) is 0 Å². The van der Waals surface area contributed by atoms with Gasteiger partial charge in [-0.1, -0.05) is 0 Å². The molecule has 0 spiro atoms. The minimum absolute atomic E-state index is 0.266. The molecule has 1 fully saturated rings. The number of hydrogen-bond donors (Lipinski definition) is 3. The summed E-state index contributed by atoms with van der Waals surface area (Å²) in [5.41, 5.74) is 7.33. The van der Waals surface area contributed by atoms with E-state index in [-0.39, 0.29) is 5.56 Å². The van der Waals surface area contributed by atoms with Gasteiger partial charge in [0.2, 0.25) is 0 Å². The first-order valence-electron chi connectivity index (χ1n) is 5.03. The molecule has 0 amide bonds. The predicted octanol–water partition coefficient (Wildman–Crippen LogP) is 1.79. The van der Waals surface area contributed by atoms with Gasteiger partial charge >= 0.3 is 5.97 Å². The highest BCUT2D eigenvalue weighted by atomic mass is 16.4. The number of carbonyl (C=O) groups is 1. The molecule has 0 aromatic heterocycles. The maximum absolute atomic E-state index is 10.7. The topological polar surface area (TPSA) is 75.4 Å². The summed E-state index contributed by atoms with van der Waals surface area (Å²) in [5, 5.41) is 12.0. The number of carboxylic acids is 1. The molecule has 0 unspecified atom stereocenters. The van der Waals surface area contributed by atoms with Crippen LogP contribution in [0.3, 0.4) is 0 Å².